The highest BCUT2D eigenvalue weighted by Crippen LogP contribution is 2.37. The van der Waals surface area contributed by atoms with Crippen LogP contribution in [0.3, 0.4) is 0 Å². The van der Waals surface area contributed by atoms with Crippen molar-refractivity contribution in [1.29, 1.82) is 0 Å². The maximum atomic E-state index is 12.9. The van der Waals surface area contributed by atoms with Gasteiger partial charge in [0.25, 0.3) is 0 Å². The Balaban J connectivity index is 1.60. The number of likely N-dealkylation sites (tertiary alicyclic amines) is 1. The number of alkyl halides is 1. The number of rotatable bonds is 9. The Morgan fingerprint density at radius 2 is 1.93 bits per heavy atom. The average Bonchev–Trinajstić information content (AvgIpc) is 3.29. The molecule has 0 unspecified atom stereocenters. The number of piperidine rings is 1. The van der Waals surface area contributed by atoms with Crippen molar-refractivity contribution in [1.82, 2.24) is 14.7 Å². The van der Waals surface area contributed by atoms with Gasteiger partial charge in [0.05, 0.1) is 36.4 Å². The summed E-state index contributed by atoms with van der Waals surface area (Å²) in [4.78, 5) is 10.6. The quantitative estimate of drug-likeness (QED) is 0.367. The van der Waals surface area contributed by atoms with Gasteiger partial charge in [0, 0.05) is 19.8 Å². The molecule has 0 aliphatic carbocycles. The molecule has 0 bridgehead atoms. The Bertz CT molecular complexity index is 1410. The number of β-amino-alcohol motifs (C(OH)–C–C–N with tert-alkyl or cyclic N) is 1. The largest absolute Gasteiger partial charge is 0.492 e. The number of amidine groups is 1. The predicted molar refractivity (Wildman–Crippen MR) is 165 cm³/mol. The summed E-state index contributed by atoms with van der Waals surface area (Å²) >= 11 is 6.79. The van der Waals surface area contributed by atoms with Crippen LogP contribution in [0.1, 0.15) is 57.6 Å². The van der Waals surface area contributed by atoms with Gasteiger partial charge in [-0.15, -0.1) is 11.6 Å². The zero-order valence-corrected chi connectivity index (χ0v) is 26.3. The fourth-order valence-corrected chi connectivity index (χ4v) is 6.39. The van der Waals surface area contributed by atoms with E-state index >= 15 is 0 Å². The molecule has 1 atom stereocenters. The number of halogens is 1. The molecule has 2 aliphatic rings. The minimum Gasteiger partial charge on any atom is -0.492 e. The summed E-state index contributed by atoms with van der Waals surface area (Å²) in [5.74, 6) is 1.85. The van der Waals surface area contributed by atoms with Crippen LogP contribution in [0, 0.1) is 6.92 Å². The van der Waals surface area contributed by atoms with E-state index in [0.717, 1.165) is 49.5 Å². The Kier molecular flexibility index (Phi) is 9.67. The molecule has 3 heterocycles. The van der Waals surface area contributed by atoms with Crippen molar-refractivity contribution in [2.24, 2.45) is 17.0 Å². The molecule has 1 saturated heterocycles. The number of nitrogens with zero attached hydrogens (tertiary/aromatic N) is 5. The number of sulfone groups is 1. The summed E-state index contributed by atoms with van der Waals surface area (Å²) < 4.78 is 33.4. The van der Waals surface area contributed by atoms with Gasteiger partial charge in [-0.25, -0.2) is 13.4 Å². The van der Waals surface area contributed by atoms with Gasteiger partial charge >= 0.3 is 0 Å². The Morgan fingerprint density at radius 3 is 2.56 bits per heavy atom. The highest BCUT2D eigenvalue weighted by molar-refractivity contribution is 7.92. The Hall–Kier alpha value is -2.67. The highest BCUT2D eigenvalue weighted by Gasteiger charge is 2.35. The van der Waals surface area contributed by atoms with Gasteiger partial charge in [-0.3, -0.25) is 4.68 Å². The second-order valence-electron chi connectivity index (χ2n) is 11.1. The maximum absolute atomic E-state index is 12.9. The van der Waals surface area contributed by atoms with Crippen LogP contribution in [0.5, 0.6) is 5.75 Å². The van der Waals surface area contributed by atoms with Gasteiger partial charge in [-0.05, 0) is 89.7 Å². The molecule has 3 N–H and O–H groups in total. The zero-order chi connectivity index (χ0) is 29.9. The third-order valence-corrected chi connectivity index (χ3v) is 9.91. The van der Waals surface area contributed by atoms with Crippen LogP contribution in [0.2, 0.25) is 0 Å². The van der Waals surface area contributed by atoms with Gasteiger partial charge in [0.1, 0.15) is 16.5 Å². The van der Waals surface area contributed by atoms with Crippen molar-refractivity contribution in [2.75, 3.05) is 50.0 Å². The van der Waals surface area contributed by atoms with Gasteiger partial charge in [-0.1, -0.05) is 0 Å². The smallest absolute Gasteiger partial charge is 0.224 e. The SMILES string of the molecule is CCOc1cc(C2CCN(CCO)CC2)c(C)cc1NC1=NC[C@@](C)(Cl)C(Nc2cn(C)nc2S(=O)(=O)C(C)C)=N1. The first-order valence-corrected chi connectivity index (χ1v) is 16.0. The molecule has 4 rings (SSSR count). The predicted octanol–water partition coefficient (Wildman–Crippen LogP) is 3.77. The van der Waals surface area contributed by atoms with Crippen molar-refractivity contribution < 1.29 is 18.3 Å². The van der Waals surface area contributed by atoms with Crippen molar-refractivity contribution in [2.45, 2.75) is 68.5 Å². The first-order chi connectivity index (χ1) is 19.3. The Morgan fingerprint density at radius 1 is 1.22 bits per heavy atom. The third-order valence-electron chi connectivity index (χ3n) is 7.53. The van der Waals surface area contributed by atoms with E-state index in [9.17, 15) is 13.5 Å². The van der Waals surface area contributed by atoms with E-state index in [1.165, 1.54) is 10.2 Å². The molecule has 0 saturated carbocycles. The van der Waals surface area contributed by atoms with E-state index in [1.54, 1.807) is 34.0 Å². The number of aliphatic hydroxyl groups excluding tert-OH is 1. The number of hydrogen-bond donors (Lipinski definition) is 3. The number of aliphatic hydroxyl groups is 1. The van der Waals surface area contributed by atoms with Crippen LogP contribution in [-0.2, 0) is 16.9 Å². The highest BCUT2D eigenvalue weighted by atomic mass is 35.5. The van der Waals surface area contributed by atoms with E-state index in [4.69, 9.17) is 16.3 Å². The number of ether oxygens (including phenoxy) is 1. The van der Waals surface area contributed by atoms with E-state index in [0.29, 0.717) is 30.0 Å². The van der Waals surface area contributed by atoms with Crippen LogP contribution < -0.4 is 15.4 Å². The van der Waals surface area contributed by atoms with Crippen LogP contribution >= 0.6 is 11.6 Å². The molecule has 2 aliphatic heterocycles. The second kappa shape index (κ2) is 12.7. The third kappa shape index (κ3) is 7.04. The first-order valence-electron chi connectivity index (χ1n) is 14.1. The lowest BCUT2D eigenvalue weighted by Crippen LogP contribution is -2.42. The number of benzene rings is 1. The summed E-state index contributed by atoms with van der Waals surface area (Å²) in [5, 5.41) is 19.2. The molecule has 1 aromatic carbocycles. The molecule has 1 aromatic heterocycles. The normalized spacial score (nSPS) is 20.6. The van der Waals surface area contributed by atoms with Crippen molar-refractivity contribution in [3.8, 4) is 5.75 Å². The minimum absolute atomic E-state index is 0.0470. The van der Waals surface area contributed by atoms with Gasteiger partial charge < -0.3 is 25.4 Å². The van der Waals surface area contributed by atoms with Crippen molar-refractivity contribution in [3.05, 3.63) is 29.5 Å². The molecule has 13 heteroatoms. The van der Waals surface area contributed by atoms with Crippen LogP contribution in [0.4, 0.5) is 11.4 Å². The molecule has 0 spiro atoms. The van der Waals surface area contributed by atoms with Crippen LogP contribution in [-0.4, -0.2) is 89.5 Å². The number of aromatic nitrogens is 2. The molecule has 1 fully saturated rings. The van der Waals surface area contributed by atoms with E-state index in [-0.39, 0.29) is 18.2 Å². The summed E-state index contributed by atoms with van der Waals surface area (Å²) in [6.45, 7) is 12.6. The standard InChI is InChI=1S/C28H42ClN7O4S/c1-7-40-24-15-21(20-8-10-36(11-9-20)12-13-37)19(4)14-22(24)32-27-30-17-28(5,29)26(33-27)31-23-16-35(6)34-25(23)41(38,39)18(2)3/h14-16,18,20,37H,7-13,17H2,1-6H3,(H2,30,31,32,33)/t28-/m1/s1. The first kappa shape index (κ1) is 31.3. The molecular weight excluding hydrogens is 566 g/mol. The summed E-state index contributed by atoms with van der Waals surface area (Å²) in [6, 6.07) is 4.18. The molecule has 41 heavy (non-hydrogen) atoms. The Labute approximate surface area is 248 Å². The molecule has 0 radical (unpaired) electrons. The fourth-order valence-electron chi connectivity index (χ4n) is 5.14. The maximum Gasteiger partial charge on any atom is 0.224 e. The molecule has 226 valence electrons. The number of aliphatic imine (C=N–C) groups is 2. The molecule has 11 nitrogen and oxygen atoms in total. The van der Waals surface area contributed by atoms with E-state index < -0.39 is 20.0 Å². The molecule has 0 amide bonds. The number of guanidine groups is 1. The van der Waals surface area contributed by atoms with Crippen molar-refractivity contribution >= 4 is 44.6 Å². The lowest BCUT2D eigenvalue weighted by molar-refractivity contribution is 0.164. The monoisotopic (exact) mass is 607 g/mol. The second-order valence-corrected chi connectivity index (χ2v) is 14.4. The number of hydrogen-bond acceptors (Lipinski definition) is 10. The fraction of sp³-hybridized carbons (Fsp3) is 0.607. The van der Waals surface area contributed by atoms with Gasteiger partial charge in [-0.2, -0.15) is 10.1 Å². The zero-order valence-electron chi connectivity index (χ0n) is 24.7. The number of nitrogens with one attached hydrogen (secondary N) is 2. The summed E-state index contributed by atoms with van der Waals surface area (Å²) in [7, 11) is -1.97. The van der Waals surface area contributed by atoms with Gasteiger partial charge in [0.2, 0.25) is 20.8 Å². The lowest BCUT2D eigenvalue weighted by Gasteiger charge is -2.32. The summed E-state index contributed by atoms with van der Waals surface area (Å²) in [5.41, 5.74) is 3.47. The molecule has 2 aromatic rings. The topological polar surface area (TPSA) is 133 Å². The molecular formula is C28H42ClN7O4S. The average molecular weight is 608 g/mol. The number of anilines is 2. The van der Waals surface area contributed by atoms with Crippen molar-refractivity contribution in [3.63, 3.8) is 0 Å². The summed E-state index contributed by atoms with van der Waals surface area (Å²) in [6.07, 6.45) is 3.66. The van der Waals surface area contributed by atoms with Crippen LogP contribution in [0.25, 0.3) is 0 Å². The van der Waals surface area contributed by atoms with E-state index in [1.807, 2.05) is 6.92 Å². The van der Waals surface area contributed by atoms with Crippen LogP contribution in [0.15, 0.2) is 33.3 Å². The van der Waals surface area contributed by atoms with Gasteiger partial charge in [0.15, 0.2) is 0 Å². The lowest BCUT2D eigenvalue weighted by atomic mass is 9.86. The van der Waals surface area contributed by atoms with E-state index in [2.05, 4.69) is 49.7 Å². The minimum atomic E-state index is -3.64. The number of aryl methyl sites for hydroxylation is 2.